The van der Waals surface area contributed by atoms with E-state index in [4.69, 9.17) is 0 Å². The summed E-state index contributed by atoms with van der Waals surface area (Å²) in [5.74, 6) is 2.45. The van der Waals surface area contributed by atoms with E-state index in [9.17, 15) is 0 Å². The molecule has 0 bridgehead atoms. The largest absolute Gasteiger partial charge is 0.103 e. The zero-order chi connectivity index (χ0) is 21.5. The minimum Gasteiger partial charge on any atom is -0.103 e. The Morgan fingerprint density at radius 1 is 0.806 bits per heavy atom. The van der Waals surface area contributed by atoms with Crippen molar-refractivity contribution in [1.82, 2.24) is 0 Å². The van der Waals surface area contributed by atoms with Gasteiger partial charge in [0.05, 0.1) is 0 Å². The second-order valence-corrected chi connectivity index (χ2v) is 9.91. The first-order chi connectivity index (χ1) is 15.3. The molecule has 0 heterocycles. The quantitative estimate of drug-likeness (QED) is 0.379. The molecule has 2 aromatic carbocycles. The molecule has 0 aliphatic heterocycles. The fourth-order valence-electron chi connectivity index (χ4n) is 5.79. The van der Waals surface area contributed by atoms with E-state index < -0.39 is 0 Å². The third-order valence-electron chi connectivity index (χ3n) is 7.82. The summed E-state index contributed by atoms with van der Waals surface area (Å²) in [5.41, 5.74) is 7.39. The molecule has 0 N–H and O–H groups in total. The van der Waals surface area contributed by atoms with Crippen molar-refractivity contribution in [2.45, 2.75) is 89.4 Å². The summed E-state index contributed by atoms with van der Waals surface area (Å²) in [6.07, 6.45) is 19.0. The van der Waals surface area contributed by atoms with Crippen molar-refractivity contribution in [2.24, 2.45) is 5.92 Å². The highest BCUT2D eigenvalue weighted by molar-refractivity contribution is 5.64. The molecule has 1 atom stereocenters. The molecule has 0 aromatic heterocycles. The highest BCUT2D eigenvalue weighted by atomic mass is 14.3. The van der Waals surface area contributed by atoms with E-state index in [1.165, 1.54) is 80.9 Å². The molecule has 1 unspecified atom stereocenters. The lowest BCUT2D eigenvalue weighted by molar-refractivity contribution is 0.308. The Morgan fingerprint density at radius 3 is 1.94 bits per heavy atom. The topological polar surface area (TPSA) is 0 Å². The van der Waals surface area contributed by atoms with Gasteiger partial charge in [0.1, 0.15) is 0 Å². The van der Waals surface area contributed by atoms with E-state index >= 15 is 0 Å². The van der Waals surface area contributed by atoms with Gasteiger partial charge >= 0.3 is 0 Å². The average molecular weight is 413 g/mol. The maximum absolute atomic E-state index is 3.85. The Balaban J connectivity index is 1.34. The molecular weight excluding hydrogens is 372 g/mol. The summed E-state index contributed by atoms with van der Waals surface area (Å²) < 4.78 is 0. The van der Waals surface area contributed by atoms with Crippen molar-refractivity contribution in [2.75, 3.05) is 0 Å². The molecule has 0 nitrogen and oxygen atoms in total. The number of hydrogen-bond acceptors (Lipinski definition) is 0. The van der Waals surface area contributed by atoms with E-state index in [0.29, 0.717) is 5.92 Å². The zero-order valence-electron chi connectivity index (χ0n) is 19.5. The van der Waals surface area contributed by atoms with Crippen molar-refractivity contribution in [3.8, 4) is 11.1 Å². The number of benzene rings is 2. The summed E-state index contributed by atoms with van der Waals surface area (Å²) in [7, 11) is 0. The third-order valence-corrected chi connectivity index (χ3v) is 7.82. The van der Waals surface area contributed by atoms with Crippen LogP contribution >= 0.6 is 0 Å². The molecule has 0 heteroatoms. The third kappa shape index (κ3) is 5.79. The van der Waals surface area contributed by atoms with Crippen molar-refractivity contribution < 1.29 is 0 Å². The van der Waals surface area contributed by atoms with Gasteiger partial charge in [0.15, 0.2) is 0 Å². The van der Waals surface area contributed by atoms with Crippen LogP contribution in [0.15, 0.2) is 72.8 Å². The summed E-state index contributed by atoms with van der Waals surface area (Å²) in [5, 5.41) is 0. The maximum Gasteiger partial charge on any atom is -0.0124 e. The summed E-state index contributed by atoms with van der Waals surface area (Å²) in [4.78, 5) is 0. The van der Waals surface area contributed by atoms with Crippen LogP contribution in [0.25, 0.3) is 11.1 Å². The molecule has 2 aromatic rings. The lowest BCUT2D eigenvalue weighted by Crippen LogP contribution is -2.13. The van der Waals surface area contributed by atoms with E-state index in [1.807, 2.05) is 6.08 Å². The molecule has 0 amide bonds. The average Bonchev–Trinajstić information content (AvgIpc) is 2.84. The van der Waals surface area contributed by atoms with Gasteiger partial charge < -0.3 is 0 Å². The minimum atomic E-state index is 0.687. The smallest absolute Gasteiger partial charge is 0.0124 e. The number of hydrogen-bond donors (Lipinski definition) is 0. The van der Waals surface area contributed by atoms with E-state index in [-0.39, 0.29) is 0 Å². The molecule has 4 rings (SSSR count). The van der Waals surface area contributed by atoms with E-state index in [1.54, 1.807) is 11.1 Å². The predicted octanol–water partition coefficient (Wildman–Crippen LogP) is 9.59. The highest BCUT2D eigenvalue weighted by Crippen LogP contribution is 2.38. The van der Waals surface area contributed by atoms with Gasteiger partial charge in [-0.05, 0) is 97.8 Å². The molecule has 0 saturated heterocycles. The number of rotatable bonds is 8. The molecule has 1 fully saturated rings. The molecule has 0 radical (unpaired) electrons. The van der Waals surface area contributed by atoms with Crippen LogP contribution in [0.1, 0.15) is 101 Å². The Kier molecular flexibility index (Phi) is 7.84. The van der Waals surface area contributed by atoms with Gasteiger partial charge in [-0.2, -0.15) is 0 Å². The molecule has 1 saturated carbocycles. The van der Waals surface area contributed by atoms with Gasteiger partial charge in [-0.3, -0.25) is 0 Å². The van der Waals surface area contributed by atoms with Gasteiger partial charge in [0.2, 0.25) is 0 Å². The van der Waals surface area contributed by atoms with E-state index in [2.05, 4.69) is 68.1 Å². The van der Waals surface area contributed by atoms with Crippen LogP contribution < -0.4 is 0 Å². The summed E-state index contributed by atoms with van der Waals surface area (Å²) >= 11 is 0. The van der Waals surface area contributed by atoms with Gasteiger partial charge in [-0.15, -0.1) is 6.58 Å². The van der Waals surface area contributed by atoms with Crippen LogP contribution in [0.5, 0.6) is 0 Å². The first-order valence-electron chi connectivity index (χ1n) is 12.8. The fraction of sp³-hybridized carbons (Fsp3) is 0.484. The minimum absolute atomic E-state index is 0.687. The number of allylic oxidation sites excluding steroid dienone is 3. The maximum atomic E-state index is 3.85. The highest BCUT2D eigenvalue weighted by Gasteiger charge is 2.22. The van der Waals surface area contributed by atoms with Crippen LogP contribution in [0.2, 0.25) is 0 Å². The lowest BCUT2D eigenvalue weighted by atomic mass is 9.77. The Labute approximate surface area is 190 Å². The second kappa shape index (κ2) is 11.0. The molecule has 2 aliphatic carbocycles. The van der Waals surface area contributed by atoms with Crippen molar-refractivity contribution in [3.05, 3.63) is 84.0 Å². The summed E-state index contributed by atoms with van der Waals surface area (Å²) in [6, 6.07) is 18.9. The van der Waals surface area contributed by atoms with Crippen LogP contribution in [0.3, 0.4) is 0 Å². The van der Waals surface area contributed by atoms with Gasteiger partial charge in [0.25, 0.3) is 0 Å². The van der Waals surface area contributed by atoms with Gasteiger partial charge in [-0.25, -0.2) is 0 Å². The fourth-order valence-corrected chi connectivity index (χ4v) is 5.79. The standard InChI is InChI=1S/C31H40/c1-3-5-7-25-10-14-27(15-11-25)29-18-22-31(23-19-29)30-20-16-28(17-21-30)26-12-8-24(6-4-2)9-13-26/h3,10,16-24,26-27H,1,4-9,11-15H2,2H3. The van der Waals surface area contributed by atoms with E-state index in [0.717, 1.165) is 18.3 Å². The Hall–Kier alpha value is -2.08. The van der Waals surface area contributed by atoms with Crippen LogP contribution in [-0.4, -0.2) is 0 Å². The predicted molar refractivity (Wildman–Crippen MR) is 136 cm³/mol. The van der Waals surface area contributed by atoms with Crippen LogP contribution in [-0.2, 0) is 0 Å². The van der Waals surface area contributed by atoms with Crippen LogP contribution in [0.4, 0.5) is 0 Å². The zero-order valence-corrected chi connectivity index (χ0v) is 19.5. The van der Waals surface area contributed by atoms with Gasteiger partial charge in [0, 0.05) is 0 Å². The SMILES string of the molecule is C=CCCC1=CCC(c2ccc(-c3ccc(C4CCC(CCC)CC4)cc3)cc2)CC1. The van der Waals surface area contributed by atoms with Crippen molar-refractivity contribution in [3.63, 3.8) is 0 Å². The Morgan fingerprint density at radius 2 is 1.42 bits per heavy atom. The monoisotopic (exact) mass is 412 g/mol. The first-order valence-corrected chi connectivity index (χ1v) is 12.8. The van der Waals surface area contributed by atoms with Crippen molar-refractivity contribution >= 4 is 0 Å². The molecule has 2 aliphatic rings. The van der Waals surface area contributed by atoms with Gasteiger partial charge in [-0.1, -0.05) is 86.0 Å². The molecule has 164 valence electrons. The molecule has 31 heavy (non-hydrogen) atoms. The van der Waals surface area contributed by atoms with Crippen LogP contribution in [0, 0.1) is 5.92 Å². The lowest BCUT2D eigenvalue weighted by Gasteiger charge is -2.28. The molecule has 0 spiro atoms. The normalized spacial score (nSPS) is 23.9. The second-order valence-electron chi connectivity index (χ2n) is 9.91. The first kappa shape index (κ1) is 22.1. The molecular formula is C31H40. The van der Waals surface area contributed by atoms with Crippen molar-refractivity contribution in [1.29, 1.82) is 0 Å². The Bertz CT molecular complexity index is 844. The summed E-state index contributed by atoms with van der Waals surface area (Å²) in [6.45, 7) is 6.18.